The fourth-order valence-corrected chi connectivity index (χ4v) is 3.98. The average Bonchev–Trinajstić information content (AvgIpc) is 2.99. The Morgan fingerprint density at radius 1 is 1.25 bits per heavy atom. The van der Waals surface area contributed by atoms with Crippen molar-refractivity contribution in [1.82, 2.24) is 9.88 Å². The van der Waals surface area contributed by atoms with Crippen LogP contribution in [0.3, 0.4) is 0 Å². The van der Waals surface area contributed by atoms with Crippen LogP contribution in [-0.4, -0.2) is 43.2 Å². The van der Waals surface area contributed by atoms with E-state index in [-0.39, 0.29) is 0 Å². The van der Waals surface area contributed by atoms with E-state index in [0.29, 0.717) is 6.04 Å². The van der Waals surface area contributed by atoms with Gasteiger partial charge in [0.25, 0.3) is 0 Å². The lowest BCUT2D eigenvalue weighted by Gasteiger charge is -2.33. The summed E-state index contributed by atoms with van der Waals surface area (Å²) in [6, 6.07) is 6.37. The van der Waals surface area contributed by atoms with Crippen LogP contribution >= 0.6 is 11.3 Å². The summed E-state index contributed by atoms with van der Waals surface area (Å²) in [7, 11) is 3.36. The van der Waals surface area contributed by atoms with E-state index in [2.05, 4.69) is 22.1 Å². The maximum Gasteiger partial charge on any atom is 0.124 e. The second kappa shape index (κ2) is 7.85. The van der Waals surface area contributed by atoms with Crippen molar-refractivity contribution in [3.8, 4) is 11.5 Å². The van der Waals surface area contributed by atoms with Gasteiger partial charge in [0.15, 0.2) is 0 Å². The van der Waals surface area contributed by atoms with E-state index in [1.54, 1.807) is 25.6 Å². The molecule has 1 atom stereocenters. The number of likely N-dealkylation sites (tertiary alicyclic amines) is 1. The number of nitrogens with one attached hydrogen (secondary N) is 1. The van der Waals surface area contributed by atoms with Gasteiger partial charge < -0.3 is 14.8 Å². The van der Waals surface area contributed by atoms with Crippen LogP contribution in [0.4, 0.5) is 5.69 Å². The molecule has 5 nitrogen and oxygen atoms in total. The Kier molecular flexibility index (Phi) is 5.58. The van der Waals surface area contributed by atoms with Crippen LogP contribution in [0.1, 0.15) is 22.7 Å². The Bertz CT molecular complexity index is 652. The van der Waals surface area contributed by atoms with Crippen molar-refractivity contribution in [2.75, 3.05) is 32.6 Å². The number of aryl methyl sites for hydroxylation is 1. The quantitative estimate of drug-likeness (QED) is 0.866. The highest BCUT2D eigenvalue weighted by atomic mass is 32.1. The van der Waals surface area contributed by atoms with E-state index in [9.17, 15) is 0 Å². The maximum absolute atomic E-state index is 5.35. The molecule has 0 saturated carbocycles. The summed E-state index contributed by atoms with van der Waals surface area (Å²) in [5, 5.41) is 4.78. The molecule has 1 aliphatic heterocycles. The largest absolute Gasteiger partial charge is 0.497 e. The second-order valence-electron chi connectivity index (χ2n) is 6.17. The number of thiazole rings is 1. The Labute approximate surface area is 147 Å². The standard InChI is InChI=1S/C18H25N3O2S/c1-13-19-10-18(24-13)12-21-6-4-5-14(11-21)20-15-7-16(22-2)9-17(8-15)23-3/h7-10,14,20H,4-6,11-12H2,1-3H3. The molecule has 0 bridgehead atoms. The summed E-state index contributed by atoms with van der Waals surface area (Å²) in [5.41, 5.74) is 1.05. The highest BCUT2D eigenvalue weighted by Gasteiger charge is 2.20. The Morgan fingerprint density at radius 3 is 2.62 bits per heavy atom. The molecule has 24 heavy (non-hydrogen) atoms. The Hall–Kier alpha value is -1.79. The molecule has 1 unspecified atom stereocenters. The van der Waals surface area contributed by atoms with Gasteiger partial charge in [0, 0.05) is 54.1 Å². The predicted octanol–water partition coefficient (Wildman–Crippen LogP) is 3.55. The zero-order valence-electron chi connectivity index (χ0n) is 14.5. The first-order valence-electron chi connectivity index (χ1n) is 8.29. The highest BCUT2D eigenvalue weighted by Crippen LogP contribution is 2.27. The number of nitrogens with zero attached hydrogens (tertiary/aromatic N) is 2. The number of aromatic nitrogens is 1. The zero-order chi connectivity index (χ0) is 16.9. The lowest BCUT2D eigenvalue weighted by atomic mass is 10.1. The summed E-state index contributed by atoms with van der Waals surface area (Å²) >= 11 is 1.79. The SMILES string of the molecule is COc1cc(NC2CCCN(Cc3cnc(C)s3)C2)cc(OC)c1. The first-order valence-corrected chi connectivity index (χ1v) is 9.11. The van der Waals surface area contributed by atoms with Crippen molar-refractivity contribution in [2.45, 2.75) is 32.4 Å². The summed E-state index contributed by atoms with van der Waals surface area (Å²) < 4.78 is 10.7. The first-order chi connectivity index (χ1) is 11.7. The molecule has 0 radical (unpaired) electrons. The summed E-state index contributed by atoms with van der Waals surface area (Å²) in [6.45, 7) is 5.24. The third-order valence-electron chi connectivity index (χ3n) is 4.28. The smallest absolute Gasteiger partial charge is 0.124 e. The molecule has 0 spiro atoms. The number of hydrogen-bond acceptors (Lipinski definition) is 6. The van der Waals surface area contributed by atoms with Crippen LogP contribution < -0.4 is 14.8 Å². The summed E-state index contributed by atoms with van der Waals surface area (Å²) in [6.07, 6.45) is 4.39. The molecule has 1 saturated heterocycles. The van der Waals surface area contributed by atoms with Crippen molar-refractivity contribution in [1.29, 1.82) is 0 Å². The lowest BCUT2D eigenvalue weighted by Crippen LogP contribution is -2.41. The van der Waals surface area contributed by atoms with Crippen LogP contribution in [0.2, 0.25) is 0 Å². The number of anilines is 1. The number of benzene rings is 1. The molecular formula is C18H25N3O2S. The van der Waals surface area contributed by atoms with Crippen molar-refractivity contribution in [2.24, 2.45) is 0 Å². The molecule has 1 N–H and O–H groups in total. The van der Waals surface area contributed by atoms with Crippen LogP contribution in [0.5, 0.6) is 11.5 Å². The molecule has 1 aromatic heterocycles. The van der Waals surface area contributed by atoms with Crippen LogP contribution in [-0.2, 0) is 6.54 Å². The third-order valence-corrected chi connectivity index (χ3v) is 5.17. The Balaban J connectivity index is 1.62. The minimum Gasteiger partial charge on any atom is -0.497 e. The van der Waals surface area contributed by atoms with Gasteiger partial charge in [-0.15, -0.1) is 11.3 Å². The molecule has 0 amide bonds. The number of rotatable bonds is 6. The molecule has 2 heterocycles. The summed E-state index contributed by atoms with van der Waals surface area (Å²) in [5.74, 6) is 1.62. The van der Waals surface area contributed by atoms with Gasteiger partial charge in [-0.2, -0.15) is 0 Å². The molecule has 2 aromatic rings. The van der Waals surface area contributed by atoms with Gasteiger partial charge in [0.2, 0.25) is 0 Å². The van der Waals surface area contributed by atoms with Gasteiger partial charge in [-0.05, 0) is 26.3 Å². The van der Waals surface area contributed by atoms with Crippen molar-refractivity contribution >= 4 is 17.0 Å². The van der Waals surface area contributed by atoms with E-state index < -0.39 is 0 Å². The van der Waals surface area contributed by atoms with Gasteiger partial charge in [-0.25, -0.2) is 4.98 Å². The van der Waals surface area contributed by atoms with Crippen molar-refractivity contribution < 1.29 is 9.47 Å². The van der Waals surface area contributed by atoms with Crippen molar-refractivity contribution in [3.05, 3.63) is 34.3 Å². The number of ether oxygens (including phenoxy) is 2. The van der Waals surface area contributed by atoms with Gasteiger partial charge in [0.05, 0.1) is 19.2 Å². The normalized spacial score (nSPS) is 18.4. The average molecular weight is 347 g/mol. The van der Waals surface area contributed by atoms with Gasteiger partial charge in [-0.1, -0.05) is 0 Å². The third kappa shape index (κ3) is 4.39. The number of piperidine rings is 1. The molecule has 130 valence electrons. The predicted molar refractivity (Wildman–Crippen MR) is 98.3 cm³/mol. The molecule has 1 fully saturated rings. The molecule has 1 aromatic carbocycles. The van der Waals surface area contributed by atoms with Crippen molar-refractivity contribution in [3.63, 3.8) is 0 Å². The lowest BCUT2D eigenvalue weighted by molar-refractivity contribution is 0.210. The number of hydrogen-bond donors (Lipinski definition) is 1. The fourth-order valence-electron chi connectivity index (χ4n) is 3.14. The van der Waals surface area contributed by atoms with Crippen LogP contribution in [0.15, 0.2) is 24.4 Å². The first kappa shape index (κ1) is 17.0. The monoisotopic (exact) mass is 347 g/mol. The molecular weight excluding hydrogens is 322 g/mol. The minimum atomic E-state index is 0.435. The van der Waals surface area contributed by atoms with Gasteiger partial charge in [-0.3, -0.25) is 4.90 Å². The van der Waals surface area contributed by atoms with E-state index >= 15 is 0 Å². The molecule has 6 heteroatoms. The molecule has 3 rings (SSSR count). The van der Waals surface area contributed by atoms with E-state index in [0.717, 1.165) is 41.8 Å². The van der Waals surface area contributed by atoms with E-state index in [1.807, 2.05) is 24.4 Å². The Morgan fingerprint density at radius 2 is 2.00 bits per heavy atom. The number of methoxy groups -OCH3 is 2. The molecule has 1 aliphatic rings. The molecule has 0 aliphatic carbocycles. The van der Waals surface area contributed by atoms with Gasteiger partial charge >= 0.3 is 0 Å². The van der Waals surface area contributed by atoms with Crippen LogP contribution in [0, 0.1) is 6.92 Å². The van der Waals surface area contributed by atoms with E-state index in [1.165, 1.54) is 17.7 Å². The fraction of sp³-hybridized carbons (Fsp3) is 0.500. The second-order valence-corrected chi connectivity index (χ2v) is 7.48. The van der Waals surface area contributed by atoms with Gasteiger partial charge in [0.1, 0.15) is 11.5 Å². The highest BCUT2D eigenvalue weighted by molar-refractivity contribution is 7.11. The minimum absolute atomic E-state index is 0.435. The topological polar surface area (TPSA) is 46.6 Å². The van der Waals surface area contributed by atoms with E-state index in [4.69, 9.17) is 9.47 Å². The van der Waals surface area contributed by atoms with Crippen LogP contribution in [0.25, 0.3) is 0 Å². The summed E-state index contributed by atoms with van der Waals surface area (Å²) in [4.78, 5) is 8.20. The zero-order valence-corrected chi connectivity index (χ0v) is 15.4. The maximum atomic E-state index is 5.35.